The highest BCUT2D eigenvalue weighted by atomic mass is 32.2. The van der Waals surface area contributed by atoms with E-state index in [1.54, 1.807) is 23.9 Å². The Balaban J connectivity index is 1.62. The van der Waals surface area contributed by atoms with Crippen molar-refractivity contribution in [1.29, 1.82) is 0 Å². The summed E-state index contributed by atoms with van der Waals surface area (Å²) in [5, 5.41) is 6.18. The van der Waals surface area contributed by atoms with Crippen molar-refractivity contribution < 1.29 is 9.18 Å². The third-order valence-electron chi connectivity index (χ3n) is 3.08. The van der Waals surface area contributed by atoms with E-state index in [1.165, 1.54) is 17.7 Å². The van der Waals surface area contributed by atoms with Crippen LogP contribution in [0.4, 0.5) is 4.39 Å². The smallest absolute Gasteiger partial charge is 0.221 e. The summed E-state index contributed by atoms with van der Waals surface area (Å²) in [5.41, 5.74) is 1.29. The average Bonchev–Trinajstić information content (AvgIpc) is 2.48. The van der Waals surface area contributed by atoms with Gasteiger partial charge in [0.1, 0.15) is 5.82 Å². The summed E-state index contributed by atoms with van der Waals surface area (Å²) in [4.78, 5) is 12.7. The zero-order valence-electron chi connectivity index (χ0n) is 11.3. The minimum absolute atomic E-state index is 0.0686. The first-order chi connectivity index (χ1) is 9.74. The molecule has 3 nitrogen and oxygen atoms in total. The first kappa shape index (κ1) is 15.1. The standard InChI is InChI=1S/C15H19FN2OS/c16-13-1-3-14(4-2-13)20-10-7-15(19)18-11-12-5-8-17-9-6-12/h1-5,17H,6-11H2,(H,18,19). The molecule has 1 aliphatic rings. The van der Waals surface area contributed by atoms with E-state index in [4.69, 9.17) is 0 Å². The monoisotopic (exact) mass is 294 g/mol. The Morgan fingerprint density at radius 2 is 2.15 bits per heavy atom. The fourth-order valence-electron chi connectivity index (χ4n) is 1.92. The van der Waals surface area contributed by atoms with Crippen molar-refractivity contribution in [3.05, 3.63) is 41.7 Å². The van der Waals surface area contributed by atoms with E-state index in [0.29, 0.717) is 18.7 Å². The van der Waals surface area contributed by atoms with Crippen LogP contribution in [0.1, 0.15) is 12.8 Å². The third-order valence-corrected chi connectivity index (χ3v) is 4.10. The summed E-state index contributed by atoms with van der Waals surface area (Å²) in [6.07, 6.45) is 3.62. The van der Waals surface area contributed by atoms with Gasteiger partial charge in [0.2, 0.25) is 5.91 Å². The van der Waals surface area contributed by atoms with Crippen LogP contribution in [-0.2, 0) is 4.79 Å². The number of hydrogen-bond acceptors (Lipinski definition) is 3. The molecule has 1 aliphatic heterocycles. The third kappa shape index (κ3) is 5.35. The molecule has 2 N–H and O–H groups in total. The van der Waals surface area contributed by atoms with Crippen molar-refractivity contribution in [3.8, 4) is 0 Å². The number of nitrogens with one attached hydrogen (secondary N) is 2. The van der Waals surface area contributed by atoms with Gasteiger partial charge in [0.15, 0.2) is 0 Å². The molecule has 0 fully saturated rings. The van der Waals surface area contributed by atoms with Crippen LogP contribution in [0.2, 0.25) is 0 Å². The molecular weight excluding hydrogens is 275 g/mol. The van der Waals surface area contributed by atoms with E-state index < -0.39 is 0 Å². The Labute approximate surface area is 123 Å². The summed E-state index contributed by atoms with van der Waals surface area (Å²) in [7, 11) is 0. The van der Waals surface area contributed by atoms with E-state index in [2.05, 4.69) is 16.7 Å². The average molecular weight is 294 g/mol. The second kappa shape index (κ2) is 8.07. The molecule has 0 aromatic heterocycles. The minimum Gasteiger partial charge on any atom is -0.352 e. The fraction of sp³-hybridized carbons (Fsp3) is 0.400. The van der Waals surface area contributed by atoms with E-state index >= 15 is 0 Å². The zero-order valence-corrected chi connectivity index (χ0v) is 12.1. The number of carbonyl (C=O) groups is 1. The summed E-state index contributed by atoms with van der Waals surface area (Å²) in [5.74, 6) is 0.541. The van der Waals surface area contributed by atoms with Crippen LogP contribution >= 0.6 is 11.8 Å². The quantitative estimate of drug-likeness (QED) is 0.625. The lowest BCUT2D eigenvalue weighted by molar-refractivity contribution is -0.120. The molecule has 1 amide bonds. The van der Waals surface area contributed by atoms with Crippen molar-refractivity contribution in [1.82, 2.24) is 10.6 Å². The van der Waals surface area contributed by atoms with Crippen molar-refractivity contribution in [2.24, 2.45) is 0 Å². The van der Waals surface area contributed by atoms with E-state index in [-0.39, 0.29) is 11.7 Å². The zero-order chi connectivity index (χ0) is 14.2. The number of rotatable bonds is 6. The minimum atomic E-state index is -0.234. The maximum absolute atomic E-state index is 12.7. The predicted octanol–water partition coefficient (Wildman–Crippen LogP) is 2.34. The van der Waals surface area contributed by atoms with Crippen molar-refractivity contribution in [3.63, 3.8) is 0 Å². The Bertz CT molecular complexity index is 473. The molecule has 108 valence electrons. The van der Waals surface area contributed by atoms with Crippen LogP contribution in [0.5, 0.6) is 0 Å². The molecule has 0 unspecified atom stereocenters. The number of carbonyl (C=O) groups excluding carboxylic acids is 1. The van der Waals surface area contributed by atoms with E-state index in [9.17, 15) is 9.18 Å². The number of halogens is 1. The molecule has 0 spiro atoms. The molecule has 0 bridgehead atoms. The SMILES string of the molecule is O=C(CCSc1ccc(F)cc1)NCC1=CCNCC1. The number of thioether (sulfide) groups is 1. The van der Waals surface area contributed by atoms with Crippen LogP contribution in [0.25, 0.3) is 0 Å². The molecule has 1 aromatic carbocycles. The second-order valence-electron chi connectivity index (χ2n) is 4.65. The van der Waals surface area contributed by atoms with Gasteiger partial charge < -0.3 is 10.6 Å². The van der Waals surface area contributed by atoms with E-state index in [1.807, 2.05) is 0 Å². The Morgan fingerprint density at radius 3 is 2.85 bits per heavy atom. The molecule has 1 aromatic rings. The Morgan fingerprint density at radius 1 is 1.35 bits per heavy atom. The van der Waals surface area contributed by atoms with Crippen LogP contribution < -0.4 is 10.6 Å². The summed E-state index contributed by atoms with van der Waals surface area (Å²) < 4.78 is 12.7. The van der Waals surface area contributed by atoms with Gasteiger partial charge in [-0.1, -0.05) is 11.6 Å². The van der Waals surface area contributed by atoms with Crippen molar-refractivity contribution in [2.45, 2.75) is 17.7 Å². The lowest BCUT2D eigenvalue weighted by Gasteiger charge is -2.14. The highest BCUT2D eigenvalue weighted by Gasteiger charge is 2.06. The van der Waals surface area contributed by atoms with Crippen LogP contribution in [0.15, 0.2) is 40.8 Å². The molecule has 2 rings (SSSR count). The van der Waals surface area contributed by atoms with Gasteiger partial charge in [-0.3, -0.25) is 4.79 Å². The number of benzene rings is 1. The molecule has 1 heterocycles. The van der Waals surface area contributed by atoms with Gasteiger partial charge in [0, 0.05) is 30.2 Å². The fourth-order valence-corrected chi connectivity index (χ4v) is 2.77. The van der Waals surface area contributed by atoms with Crippen molar-refractivity contribution >= 4 is 17.7 Å². The van der Waals surface area contributed by atoms with Gasteiger partial charge >= 0.3 is 0 Å². The van der Waals surface area contributed by atoms with Crippen LogP contribution in [-0.4, -0.2) is 31.3 Å². The van der Waals surface area contributed by atoms with Gasteiger partial charge in [-0.05, 0) is 37.2 Å². The summed E-state index contributed by atoms with van der Waals surface area (Å²) >= 11 is 1.57. The van der Waals surface area contributed by atoms with Gasteiger partial charge in [-0.2, -0.15) is 0 Å². The van der Waals surface area contributed by atoms with Crippen LogP contribution in [0.3, 0.4) is 0 Å². The highest BCUT2D eigenvalue weighted by molar-refractivity contribution is 7.99. The molecular formula is C15H19FN2OS. The molecule has 0 radical (unpaired) electrons. The first-order valence-corrected chi connectivity index (χ1v) is 7.76. The second-order valence-corrected chi connectivity index (χ2v) is 5.81. The molecule has 5 heteroatoms. The van der Waals surface area contributed by atoms with Gasteiger partial charge in [0.05, 0.1) is 0 Å². The van der Waals surface area contributed by atoms with Gasteiger partial charge in [-0.15, -0.1) is 11.8 Å². The van der Waals surface area contributed by atoms with Gasteiger partial charge in [-0.25, -0.2) is 4.39 Å². The Kier molecular flexibility index (Phi) is 6.08. The molecule has 0 saturated carbocycles. The summed E-state index contributed by atoms with van der Waals surface area (Å²) in [6, 6.07) is 6.34. The lowest BCUT2D eigenvalue weighted by atomic mass is 10.1. The lowest BCUT2D eigenvalue weighted by Crippen LogP contribution is -2.29. The Hall–Kier alpha value is -1.33. The molecule has 0 atom stereocenters. The van der Waals surface area contributed by atoms with Gasteiger partial charge in [0.25, 0.3) is 0 Å². The normalized spacial score (nSPS) is 14.8. The predicted molar refractivity (Wildman–Crippen MR) is 80.3 cm³/mol. The number of hydrogen-bond donors (Lipinski definition) is 2. The van der Waals surface area contributed by atoms with Crippen LogP contribution in [0, 0.1) is 5.82 Å². The highest BCUT2D eigenvalue weighted by Crippen LogP contribution is 2.18. The summed E-state index contributed by atoms with van der Waals surface area (Å²) in [6.45, 7) is 2.54. The maximum atomic E-state index is 12.7. The topological polar surface area (TPSA) is 41.1 Å². The molecule has 20 heavy (non-hydrogen) atoms. The maximum Gasteiger partial charge on any atom is 0.221 e. The molecule has 0 saturated heterocycles. The first-order valence-electron chi connectivity index (χ1n) is 6.78. The molecule has 0 aliphatic carbocycles. The van der Waals surface area contributed by atoms with Crippen molar-refractivity contribution in [2.75, 3.05) is 25.4 Å². The number of amides is 1. The largest absolute Gasteiger partial charge is 0.352 e. The van der Waals surface area contributed by atoms with E-state index in [0.717, 1.165) is 24.4 Å².